The summed E-state index contributed by atoms with van der Waals surface area (Å²) in [5.74, 6) is 0.562. The van der Waals surface area contributed by atoms with E-state index in [1.165, 1.54) is 11.8 Å². The van der Waals surface area contributed by atoms with Crippen LogP contribution in [0.25, 0.3) is 11.0 Å². The molecule has 0 bridgehead atoms. The number of thioether (sulfide) groups is 1. The van der Waals surface area contributed by atoms with E-state index in [0.717, 1.165) is 35.8 Å². The van der Waals surface area contributed by atoms with Crippen LogP contribution < -0.4 is 5.32 Å². The van der Waals surface area contributed by atoms with E-state index in [1.807, 2.05) is 36.9 Å². The molecule has 0 aliphatic carbocycles. The minimum atomic E-state index is 0.0452. The molecule has 0 radical (unpaired) electrons. The molecule has 1 fully saturated rings. The molecule has 1 saturated heterocycles. The standard InChI is InChI=1S/C20H29N5O2S/c1-4-25-17-8-6-5-7-16(17)22-20(25)28-14-19(27)24-11-9-23(10-12-24)13-18(26)21-15(2)3/h5-8,15H,4,9-14H2,1-3H3,(H,21,26). The Kier molecular flexibility index (Phi) is 6.96. The Bertz CT molecular complexity index is 827. The molecule has 7 nitrogen and oxygen atoms in total. The number of amides is 2. The van der Waals surface area contributed by atoms with Crippen LogP contribution in [-0.4, -0.2) is 75.7 Å². The third-order valence-electron chi connectivity index (χ3n) is 4.80. The van der Waals surface area contributed by atoms with E-state index in [4.69, 9.17) is 0 Å². The average Bonchev–Trinajstić information content (AvgIpc) is 3.03. The molecule has 1 aliphatic rings. The van der Waals surface area contributed by atoms with E-state index in [9.17, 15) is 9.59 Å². The monoisotopic (exact) mass is 403 g/mol. The summed E-state index contributed by atoms with van der Waals surface area (Å²) in [4.78, 5) is 33.2. The van der Waals surface area contributed by atoms with Gasteiger partial charge < -0.3 is 14.8 Å². The Hall–Kier alpha value is -2.06. The summed E-state index contributed by atoms with van der Waals surface area (Å²) in [7, 11) is 0. The van der Waals surface area contributed by atoms with E-state index in [0.29, 0.717) is 25.4 Å². The van der Waals surface area contributed by atoms with Gasteiger partial charge in [-0.05, 0) is 32.9 Å². The number of hydrogen-bond acceptors (Lipinski definition) is 5. The molecule has 0 saturated carbocycles. The zero-order valence-corrected chi connectivity index (χ0v) is 17.7. The van der Waals surface area contributed by atoms with E-state index in [2.05, 4.69) is 32.8 Å². The van der Waals surface area contributed by atoms with Crippen LogP contribution in [-0.2, 0) is 16.1 Å². The number of aryl methyl sites for hydroxylation is 1. The first kappa shape index (κ1) is 20.7. The second-order valence-electron chi connectivity index (χ2n) is 7.30. The number of fused-ring (bicyclic) bond motifs is 1. The van der Waals surface area contributed by atoms with Gasteiger partial charge in [0.25, 0.3) is 0 Å². The highest BCUT2D eigenvalue weighted by Gasteiger charge is 2.23. The topological polar surface area (TPSA) is 70.5 Å². The average molecular weight is 404 g/mol. The van der Waals surface area contributed by atoms with E-state index >= 15 is 0 Å². The molecule has 1 aromatic heterocycles. The summed E-state index contributed by atoms with van der Waals surface area (Å²) >= 11 is 1.50. The largest absolute Gasteiger partial charge is 0.353 e. The summed E-state index contributed by atoms with van der Waals surface area (Å²) < 4.78 is 2.15. The summed E-state index contributed by atoms with van der Waals surface area (Å²) in [6.45, 7) is 10.0. The van der Waals surface area contributed by atoms with E-state index < -0.39 is 0 Å². The molecule has 1 aliphatic heterocycles. The predicted molar refractivity (Wildman–Crippen MR) is 112 cm³/mol. The number of aromatic nitrogens is 2. The lowest BCUT2D eigenvalue weighted by atomic mass is 10.3. The van der Waals surface area contributed by atoms with Crippen molar-refractivity contribution in [3.63, 3.8) is 0 Å². The van der Waals surface area contributed by atoms with Crippen molar-refractivity contribution in [1.82, 2.24) is 24.7 Å². The Labute approximate surface area is 170 Å². The van der Waals surface area contributed by atoms with Crippen LogP contribution >= 0.6 is 11.8 Å². The van der Waals surface area contributed by atoms with Crippen molar-refractivity contribution in [3.05, 3.63) is 24.3 Å². The van der Waals surface area contributed by atoms with Crippen molar-refractivity contribution in [2.75, 3.05) is 38.5 Å². The van der Waals surface area contributed by atoms with Crippen LogP contribution in [0.3, 0.4) is 0 Å². The maximum absolute atomic E-state index is 12.6. The minimum absolute atomic E-state index is 0.0452. The lowest BCUT2D eigenvalue weighted by Gasteiger charge is -2.34. The number of imidazole rings is 1. The first-order valence-corrected chi connectivity index (χ1v) is 10.8. The molecule has 0 spiro atoms. The fourth-order valence-corrected chi connectivity index (χ4v) is 4.39. The molecular weight excluding hydrogens is 374 g/mol. The van der Waals surface area contributed by atoms with Gasteiger partial charge in [0.15, 0.2) is 5.16 Å². The van der Waals surface area contributed by atoms with Crippen LogP contribution in [0, 0.1) is 0 Å². The van der Waals surface area contributed by atoms with Crippen LogP contribution in [0.5, 0.6) is 0 Å². The number of nitrogens with zero attached hydrogens (tertiary/aromatic N) is 4. The fourth-order valence-electron chi connectivity index (χ4n) is 3.41. The molecule has 8 heteroatoms. The van der Waals surface area contributed by atoms with Gasteiger partial charge in [-0.1, -0.05) is 23.9 Å². The highest BCUT2D eigenvalue weighted by Crippen LogP contribution is 2.24. The van der Waals surface area contributed by atoms with E-state index in [-0.39, 0.29) is 17.9 Å². The molecule has 2 aromatic rings. The molecule has 152 valence electrons. The second-order valence-corrected chi connectivity index (χ2v) is 8.24. The number of carbonyl (C=O) groups excluding carboxylic acids is 2. The van der Waals surface area contributed by atoms with Crippen LogP contribution in [0.2, 0.25) is 0 Å². The molecule has 28 heavy (non-hydrogen) atoms. The molecule has 2 amide bonds. The highest BCUT2D eigenvalue weighted by molar-refractivity contribution is 7.99. The Balaban J connectivity index is 1.49. The smallest absolute Gasteiger partial charge is 0.234 e. The van der Waals surface area contributed by atoms with Crippen molar-refractivity contribution in [1.29, 1.82) is 0 Å². The summed E-state index contributed by atoms with van der Waals surface area (Å²) in [5.41, 5.74) is 2.07. The maximum atomic E-state index is 12.6. The Morgan fingerprint density at radius 1 is 1.18 bits per heavy atom. The highest BCUT2D eigenvalue weighted by atomic mass is 32.2. The van der Waals surface area contributed by atoms with Crippen molar-refractivity contribution in [2.24, 2.45) is 0 Å². The third kappa shape index (κ3) is 5.05. The van der Waals surface area contributed by atoms with Crippen molar-refractivity contribution >= 4 is 34.6 Å². The Morgan fingerprint density at radius 3 is 2.57 bits per heavy atom. The van der Waals surface area contributed by atoms with E-state index in [1.54, 1.807) is 0 Å². The predicted octanol–water partition coefficient (Wildman–Crippen LogP) is 1.82. The summed E-state index contributed by atoms with van der Waals surface area (Å²) in [6, 6.07) is 8.21. The molecule has 3 rings (SSSR count). The van der Waals surface area contributed by atoms with Gasteiger partial charge in [0.2, 0.25) is 11.8 Å². The molecule has 2 heterocycles. The minimum Gasteiger partial charge on any atom is -0.353 e. The zero-order chi connectivity index (χ0) is 20.1. The van der Waals surface area contributed by atoms with Crippen LogP contribution in [0.15, 0.2) is 29.4 Å². The maximum Gasteiger partial charge on any atom is 0.234 e. The van der Waals surface area contributed by atoms with Crippen LogP contribution in [0.4, 0.5) is 0 Å². The molecule has 1 N–H and O–H groups in total. The van der Waals surface area contributed by atoms with Gasteiger partial charge in [-0.2, -0.15) is 0 Å². The molecule has 1 aromatic carbocycles. The van der Waals surface area contributed by atoms with Crippen molar-refractivity contribution in [3.8, 4) is 0 Å². The third-order valence-corrected chi connectivity index (χ3v) is 5.76. The van der Waals surface area contributed by atoms with Gasteiger partial charge in [-0.25, -0.2) is 4.98 Å². The molecule has 0 atom stereocenters. The van der Waals surface area contributed by atoms with Gasteiger partial charge in [-0.15, -0.1) is 0 Å². The first-order valence-electron chi connectivity index (χ1n) is 9.85. The number of benzene rings is 1. The molecular formula is C20H29N5O2S. The number of rotatable bonds is 7. The Morgan fingerprint density at radius 2 is 1.89 bits per heavy atom. The first-order chi connectivity index (χ1) is 13.5. The van der Waals surface area contributed by atoms with Crippen LogP contribution in [0.1, 0.15) is 20.8 Å². The van der Waals surface area contributed by atoms with Gasteiger partial charge in [0.05, 0.1) is 23.3 Å². The summed E-state index contributed by atoms with van der Waals surface area (Å²) in [6.07, 6.45) is 0. The fraction of sp³-hybridized carbons (Fsp3) is 0.550. The lowest BCUT2D eigenvalue weighted by molar-refractivity contribution is -0.130. The van der Waals surface area contributed by atoms with Gasteiger partial charge in [0, 0.05) is 38.8 Å². The van der Waals surface area contributed by atoms with Gasteiger partial charge in [-0.3, -0.25) is 14.5 Å². The second kappa shape index (κ2) is 9.43. The SMILES string of the molecule is CCn1c(SCC(=O)N2CCN(CC(=O)NC(C)C)CC2)nc2ccccc21. The van der Waals surface area contributed by atoms with Gasteiger partial charge in [0.1, 0.15) is 0 Å². The number of para-hydroxylation sites is 2. The normalized spacial score (nSPS) is 15.4. The number of piperazine rings is 1. The van der Waals surface area contributed by atoms with Crippen molar-refractivity contribution in [2.45, 2.75) is 38.5 Å². The number of carbonyl (C=O) groups is 2. The van der Waals surface area contributed by atoms with Crippen molar-refractivity contribution < 1.29 is 9.59 Å². The molecule has 0 unspecified atom stereocenters. The number of hydrogen-bond donors (Lipinski definition) is 1. The quantitative estimate of drug-likeness (QED) is 0.714. The number of nitrogens with one attached hydrogen (secondary N) is 1. The van der Waals surface area contributed by atoms with Gasteiger partial charge >= 0.3 is 0 Å². The summed E-state index contributed by atoms with van der Waals surface area (Å²) in [5, 5.41) is 3.80. The lowest BCUT2D eigenvalue weighted by Crippen LogP contribution is -2.52. The zero-order valence-electron chi connectivity index (χ0n) is 16.9.